The molecule has 0 bridgehead atoms. The summed E-state index contributed by atoms with van der Waals surface area (Å²) in [6.07, 6.45) is 0. The Balaban J connectivity index is 1.74. The maximum absolute atomic E-state index is 12.2. The average molecular weight is 424 g/mol. The molecule has 2 aromatic carbocycles. The van der Waals surface area contributed by atoms with E-state index in [1.54, 1.807) is 24.3 Å². The highest BCUT2D eigenvalue weighted by molar-refractivity contribution is 9.10. The standard InChI is InChI=1S/C17H12BrClN2O4/c1-24-13-6-5-10(19)8-11(13)16(22)20-21-17(23)14-7-9-3-2-4-12(18)15(9)25-14/h2-8H,1H3,(H,20,22)(H,21,23). The molecule has 3 aromatic rings. The summed E-state index contributed by atoms with van der Waals surface area (Å²) in [5.41, 5.74) is 5.36. The van der Waals surface area contributed by atoms with Crippen LogP contribution in [0.15, 0.2) is 51.4 Å². The maximum atomic E-state index is 12.2. The van der Waals surface area contributed by atoms with Gasteiger partial charge in [-0.1, -0.05) is 23.7 Å². The first-order valence-corrected chi connectivity index (χ1v) is 8.29. The first-order valence-electron chi connectivity index (χ1n) is 7.12. The zero-order chi connectivity index (χ0) is 18.0. The second-order valence-corrected chi connectivity index (χ2v) is 6.31. The van der Waals surface area contributed by atoms with Gasteiger partial charge in [0.25, 0.3) is 5.91 Å². The molecule has 2 amide bonds. The van der Waals surface area contributed by atoms with Crippen LogP contribution < -0.4 is 15.6 Å². The van der Waals surface area contributed by atoms with Crippen molar-refractivity contribution in [3.05, 3.63) is 63.3 Å². The van der Waals surface area contributed by atoms with Crippen molar-refractivity contribution in [2.75, 3.05) is 7.11 Å². The Bertz CT molecular complexity index is 970. The van der Waals surface area contributed by atoms with Gasteiger partial charge in [0, 0.05) is 10.4 Å². The van der Waals surface area contributed by atoms with Gasteiger partial charge in [0.05, 0.1) is 17.1 Å². The highest BCUT2D eigenvalue weighted by atomic mass is 79.9. The third-order valence-electron chi connectivity index (χ3n) is 3.42. The van der Waals surface area contributed by atoms with Gasteiger partial charge in [-0.05, 0) is 46.3 Å². The number of benzene rings is 2. The summed E-state index contributed by atoms with van der Waals surface area (Å²) >= 11 is 9.25. The summed E-state index contributed by atoms with van der Waals surface area (Å²) in [6.45, 7) is 0. The molecule has 3 rings (SSSR count). The Hall–Kier alpha value is -2.51. The van der Waals surface area contributed by atoms with Crippen molar-refractivity contribution >= 4 is 50.3 Å². The molecule has 0 aliphatic heterocycles. The summed E-state index contributed by atoms with van der Waals surface area (Å²) in [6, 6.07) is 11.6. The number of nitrogens with one attached hydrogen (secondary N) is 2. The van der Waals surface area contributed by atoms with E-state index < -0.39 is 11.8 Å². The number of ether oxygens (including phenoxy) is 1. The number of carbonyl (C=O) groups excluding carboxylic acids is 2. The quantitative estimate of drug-likeness (QED) is 0.626. The number of carbonyl (C=O) groups is 2. The van der Waals surface area contributed by atoms with Crippen molar-refractivity contribution in [3.8, 4) is 5.75 Å². The monoisotopic (exact) mass is 422 g/mol. The summed E-state index contributed by atoms with van der Waals surface area (Å²) in [5, 5.41) is 1.14. The minimum atomic E-state index is -0.586. The van der Waals surface area contributed by atoms with Crippen LogP contribution in [-0.4, -0.2) is 18.9 Å². The molecule has 6 nitrogen and oxygen atoms in total. The molecule has 1 aromatic heterocycles. The molecule has 0 radical (unpaired) electrons. The molecule has 25 heavy (non-hydrogen) atoms. The number of halogens is 2. The Morgan fingerprint density at radius 2 is 1.88 bits per heavy atom. The molecule has 0 saturated heterocycles. The predicted molar refractivity (Wildman–Crippen MR) is 96.9 cm³/mol. The summed E-state index contributed by atoms with van der Waals surface area (Å²) < 4.78 is 11.3. The number of methoxy groups -OCH3 is 1. The Labute approximate surface area is 156 Å². The van der Waals surface area contributed by atoms with Gasteiger partial charge in [0.15, 0.2) is 5.76 Å². The lowest BCUT2D eigenvalue weighted by atomic mass is 10.2. The van der Waals surface area contributed by atoms with E-state index in [0.29, 0.717) is 16.4 Å². The molecule has 128 valence electrons. The number of hydrogen-bond acceptors (Lipinski definition) is 4. The van der Waals surface area contributed by atoms with Gasteiger partial charge in [-0.3, -0.25) is 20.4 Å². The van der Waals surface area contributed by atoms with Gasteiger partial charge in [0.2, 0.25) is 0 Å². The van der Waals surface area contributed by atoms with E-state index in [4.69, 9.17) is 20.8 Å². The Morgan fingerprint density at radius 1 is 1.12 bits per heavy atom. The zero-order valence-electron chi connectivity index (χ0n) is 12.9. The second-order valence-electron chi connectivity index (χ2n) is 5.02. The minimum absolute atomic E-state index is 0.0697. The maximum Gasteiger partial charge on any atom is 0.305 e. The number of hydrogen-bond donors (Lipinski definition) is 2. The van der Waals surface area contributed by atoms with Gasteiger partial charge in [0.1, 0.15) is 11.3 Å². The van der Waals surface area contributed by atoms with Crippen LogP contribution in [0, 0.1) is 0 Å². The van der Waals surface area contributed by atoms with E-state index >= 15 is 0 Å². The van der Waals surface area contributed by atoms with Crippen LogP contribution in [0.4, 0.5) is 0 Å². The molecule has 2 N–H and O–H groups in total. The van der Waals surface area contributed by atoms with E-state index in [-0.39, 0.29) is 11.3 Å². The van der Waals surface area contributed by atoms with Crippen molar-refractivity contribution in [1.29, 1.82) is 0 Å². The number of hydrazine groups is 1. The van der Waals surface area contributed by atoms with Gasteiger partial charge >= 0.3 is 5.91 Å². The van der Waals surface area contributed by atoms with E-state index in [1.807, 2.05) is 12.1 Å². The zero-order valence-corrected chi connectivity index (χ0v) is 15.3. The fourth-order valence-electron chi connectivity index (χ4n) is 2.24. The minimum Gasteiger partial charge on any atom is -0.496 e. The SMILES string of the molecule is COc1ccc(Cl)cc1C(=O)NNC(=O)c1cc2cccc(Br)c2o1. The third kappa shape index (κ3) is 3.62. The largest absolute Gasteiger partial charge is 0.496 e. The lowest BCUT2D eigenvalue weighted by Crippen LogP contribution is -2.41. The second kappa shape index (κ2) is 7.16. The number of para-hydroxylation sites is 1. The van der Waals surface area contributed by atoms with Crippen LogP contribution in [0.3, 0.4) is 0 Å². The molecule has 0 fully saturated rings. The molecule has 0 spiro atoms. The lowest BCUT2D eigenvalue weighted by Gasteiger charge is -2.10. The van der Waals surface area contributed by atoms with Gasteiger partial charge in [-0.25, -0.2) is 0 Å². The molecule has 0 aliphatic rings. The fraction of sp³-hybridized carbons (Fsp3) is 0.0588. The number of amides is 2. The van der Waals surface area contributed by atoms with Crippen molar-refractivity contribution in [2.24, 2.45) is 0 Å². The number of furan rings is 1. The molecule has 0 saturated carbocycles. The topological polar surface area (TPSA) is 80.6 Å². The highest BCUT2D eigenvalue weighted by Gasteiger charge is 2.17. The molecule has 0 atom stereocenters. The fourth-order valence-corrected chi connectivity index (χ4v) is 2.87. The first-order chi connectivity index (χ1) is 12.0. The average Bonchev–Trinajstić information content (AvgIpc) is 3.05. The van der Waals surface area contributed by atoms with Crippen molar-refractivity contribution in [2.45, 2.75) is 0 Å². The smallest absolute Gasteiger partial charge is 0.305 e. The van der Waals surface area contributed by atoms with Crippen molar-refractivity contribution in [3.63, 3.8) is 0 Å². The normalized spacial score (nSPS) is 10.5. The van der Waals surface area contributed by atoms with Crippen LogP contribution >= 0.6 is 27.5 Å². The van der Waals surface area contributed by atoms with Crippen LogP contribution in [-0.2, 0) is 0 Å². The van der Waals surface area contributed by atoms with E-state index in [2.05, 4.69) is 26.8 Å². The van der Waals surface area contributed by atoms with Crippen LogP contribution in [0.25, 0.3) is 11.0 Å². The number of fused-ring (bicyclic) bond motifs is 1. The van der Waals surface area contributed by atoms with E-state index in [9.17, 15) is 9.59 Å². The predicted octanol–water partition coefficient (Wildman–Crippen LogP) is 3.93. The van der Waals surface area contributed by atoms with Crippen LogP contribution in [0.1, 0.15) is 20.9 Å². The Morgan fingerprint density at radius 3 is 2.60 bits per heavy atom. The van der Waals surface area contributed by atoms with Crippen molar-refractivity contribution in [1.82, 2.24) is 10.9 Å². The van der Waals surface area contributed by atoms with Gasteiger partial charge in [-0.2, -0.15) is 0 Å². The summed E-state index contributed by atoms with van der Waals surface area (Å²) in [5.74, 6) is -0.744. The first kappa shape index (κ1) is 17.3. The van der Waals surface area contributed by atoms with Crippen molar-refractivity contribution < 1.29 is 18.7 Å². The Kier molecular flexibility index (Phi) is 4.96. The van der Waals surface area contributed by atoms with Gasteiger partial charge in [-0.15, -0.1) is 0 Å². The number of rotatable bonds is 3. The van der Waals surface area contributed by atoms with E-state index in [0.717, 1.165) is 9.86 Å². The lowest BCUT2D eigenvalue weighted by molar-refractivity contribution is 0.0830. The molecule has 0 unspecified atom stereocenters. The molecular weight excluding hydrogens is 412 g/mol. The summed E-state index contributed by atoms with van der Waals surface area (Å²) in [4.78, 5) is 24.4. The third-order valence-corrected chi connectivity index (χ3v) is 4.28. The molecule has 8 heteroatoms. The van der Waals surface area contributed by atoms with Crippen LogP contribution in [0.5, 0.6) is 5.75 Å². The highest BCUT2D eigenvalue weighted by Crippen LogP contribution is 2.27. The molecule has 0 aliphatic carbocycles. The van der Waals surface area contributed by atoms with E-state index in [1.165, 1.54) is 13.2 Å². The van der Waals surface area contributed by atoms with Gasteiger partial charge < -0.3 is 9.15 Å². The van der Waals surface area contributed by atoms with Crippen LogP contribution in [0.2, 0.25) is 5.02 Å². The summed E-state index contributed by atoms with van der Waals surface area (Å²) in [7, 11) is 1.44. The molecule has 1 heterocycles. The molecular formula is C17H12BrClN2O4.